The molecule has 1 saturated carbocycles. The molecule has 0 saturated heterocycles. The quantitative estimate of drug-likeness (QED) is 0.744. The topological polar surface area (TPSA) is 58.6 Å². The number of nitrogens with one attached hydrogen (secondary N) is 1. The molecule has 0 radical (unpaired) electrons. The molecule has 1 fully saturated rings. The van der Waals surface area contributed by atoms with Crippen molar-refractivity contribution in [3.8, 4) is 5.75 Å². The predicted octanol–water partition coefficient (Wildman–Crippen LogP) is 2.24. The number of sulfonamides is 1. The SMILES string of the molecule is CN(C)CCCNS(=O)(=O)c1ccc(OC2CCCC2)cc1. The first-order valence-corrected chi connectivity index (χ1v) is 9.37. The summed E-state index contributed by atoms with van der Waals surface area (Å²) in [6.45, 7) is 1.30. The van der Waals surface area contributed by atoms with E-state index in [0.717, 1.165) is 31.6 Å². The van der Waals surface area contributed by atoms with E-state index in [-0.39, 0.29) is 11.0 Å². The van der Waals surface area contributed by atoms with E-state index in [1.807, 2.05) is 19.0 Å². The van der Waals surface area contributed by atoms with Crippen LogP contribution in [0, 0.1) is 0 Å². The van der Waals surface area contributed by atoms with E-state index in [1.54, 1.807) is 24.3 Å². The van der Waals surface area contributed by atoms with E-state index < -0.39 is 10.0 Å². The van der Waals surface area contributed by atoms with Crippen LogP contribution in [-0.2, 0) is 10.0 Å². The summed E-state index contributed by atoms with van der Waals surface area (Å²) < 4.78 is 32.8. The van der Waals surface area contributed by atoms with Gasteiger partial charge in [0.25, 0.3) is 0 Å². The summed E-state index contributed by atoms with van der Waals surface area (Å²) in [6.07, 6.45) is 5.68. The van der Waals surface area contributed by atoms with Gasteiger partial charge in [-0.15, -0.1) is 0 Å². The maximum absolute atomic E-state index is 12.2. The third-order valence-corrected chi connectivity index (χ3v) is 5.29. The molecule has 0 bridgehead atoms. The fourth-order valence-electron chi connectivity index (χ4n) is 2.58. The summed E-state index contributed by atoms with van der Waals surface area (Å²) in [6, 6.07) is 6.70. The fourth-order valence-corrected chi connectivity index (χ4v) is 3.66. The van der Waals surface area contributed by atoms with E-state index in [2.05, 4.69) is 4.72 Å². The van der Waals surface area contributed by atoms with Gasteiger partial charge in [0.1, 0.15) is 5.75 Å². The Morgan fingerprint density at radius 1 is 1.18 bits per heavy atom. The number of nitrogens with zero attached hydrogens (tertiary/aromatic N) is 1. The van der Waals surface area contributed by atoms with E-state index in [4.69, 9.17) is 4.74 Å². The number of ether oxygens (including phenoxy) is 1. The zero-order chi connectivity index (χ0) is 16.0. The lowest BCUT2D eigenvalue weighted by molar-refractivity contribution is 0.210. The van der Waals surface area contributed by atoms with Crippen LogP contribution >= 0.6 is 0 Å². The van der Waals surface area contributed by atoms with Gasteiger partial charge < -0.3 is 9.64 Å². The molecule has 5 nitrogen and oxygen atoms in total. The molecule has 1 aromatic rings. The van der Waals surface area contributed by atoms with Crippen molar-refractivity contribution in [1.29, 1.82) is 0 Å². The molecule has 0 amide bonds. The highest BCUT2D eigenvalue weighted by Gasteiger charge is 2.17. The second-order valence-electron chi connectivity index (χ2n) is 6.05. The van der Waals surface area contributed by atoms with Crippen LogP contribution in [0.3, 0.4) is 0 Å². The van der Waals surface area contributed by atoms with Crippen molar-refractivity contribution in [3.63, 3.8) is 0 Å². The van der Waals surface area contributed by atoms with Gasteiger partial charge in [0, 0.05) is 6.54 Å². The highest BCUT2D eigenvalue weighted by Crippen LogP contribution is 2.24. The van der Waals surface area contributed by atoms with Gasteiger partial charge in [0.2, 0.25) is 10.0 Å². The molecular formula is C16H26N2O3S. The second-order valence-corrected chi connectivity index (χ2v) is 7.82. The van der Waals surface area contributed by atoms with Gasteiger partial charge in [0.05, 0.1) is 11.0 Å². The van der Waals surface area contributed by atoms with Gasteiger partial charge in [-0.3, -0.25) is 0 Å². The summed E-state index contributed by atoms with van der Waals surface area (Å²) in [7, 11) is 0.513. The molecule has 22 heavy (non-hydrogen) atoms. The third-order valence-electron chi connectivity index (χ3n) is 3.81. The van der Waals surface area contributed by atoms with Gasteiger partial charge in [-0.2, -0.15) is 0 Å². The minimum Gasteiger partial charge on any atom is -0.490 e. The van der Waals surface area contributed by atoms with Crippen molar-refractivity contribution in [1.82, 2.24) is 9.62 Å². The molecule has 0 heterocycles. The van der Waals surface area contributed by atoms with E-state index in [0.29, 0.717) is 6.54 Å². The van der Waals surface area contributed by atoms with Crippen molar-refractivity contribution in [2.45, 2.75) is 43.1 Å². The van der Waals surface area contributed by atoms with E-state index >= 15 is 0 Å². The lowest BCUT2D eigenvalue weighted by atomic mass is 10.3. The number of hydrogen-bond acceptors (Lipinski definition) is 4. The lowest BCUT2D eigenvalue weighted by Gasteiger charge is -2.14. The average Bonchev–Trinajstić information content (AvgIpc) is 2.97. The molecule has 0 aliphatic heterocycles. The molecule has 124 valence electrons. The van der Waals surface area contributed by atoms with Crippen LogP contribution in [0.1, 0.15) is 32.1 Å². The molecule has 1 N–H and O–H groups in total. The first-order chi connectivity index (χ1) is 10.5. The maximum Gasteiger partial charge on any atom is 0.240 e. The Bertz CT molecular complexity index is 549. The smallest absolute Gasteiger partial charge is 0.240 e. The molecule has 1 aliphatic rings. The first-order valence-electron chi connectivity index (χ1n) is 7.88. The molecular weight excluding hydrogens is 300 g/mol. The molecule has 1 aliphatic carbocycles. The Morgan fingerprint density at radius 3 is 2.41 bits per heavy atom. The Labute approximate surface area is 133 Å². The van der Waals surface area contributed by atoms with Gasteiger partial charge in [-0.1, -0.05) is 0 Å². The van der Waals surface area contributed by atoms with Gasteiger partial charge in [0.15, 0.2) is 0 Å². The van der Waals surface area contributed by atoms with Gasteiger partial charge >= 0.3 is 0 Å². The Morgan fingerprint density at radius 2 is 1.82 bits per heavy atom. The lowest BCUT2D eigenvalue weighted by Crippen LogP contribution is -2.27. The Kier molecular flexibility index (Phi) is 6.23. The van der Waals surface area contributed by atoms with Crippen LogP contribution in [0.15, 0.2) is 29.2 Å². The van der Waals surface area contributed by atoms with Crippen molar-refractivity contribution < 1.29 is 13.2 Å². The minimum absolute atomic E-state index is 0.284. The van der Waals surface area contributed by atoms with Crippen LogP contribution in [0.4, 0.5) is 0 Å². The second kappa shape index (κ2) is 7.94. The monoisotopic (exact) mass is 326 g/mol. The number of hydrogen-bond donors (Lipinski definition) is 1. The van der Waals surface area contributed by atoms with Crippen LogP contribution in [0.5, 0.6) is 5.75 Å². The van der Waals surface area contributed by atoms with Crippen molar-refractivity contribution in [3.05, 3.63) is 24.3 Å². The molecule has 0 atom stereocenters. The van der Waals surface area contributed by atoms with Gasteiger partial charge in [-0.25, -0.2) is 13.1 Å². The summed E-state index contributed by atoms with van der Waals surface area (Å²) >= 11 is 0. The molecule has 6 heteroatoms. The van der Waals surface area contributed by atoms with Crippen LogP contribution in [-0.4, -0.2) is 46.6 Å². The van der Waals surface area contributed by atoms with Crippen molar-refractivity contribution in [2.75, 3.05) is 27.2 Å². The largest absolute Gasteiger partial charge is 0.490 e. The number of benzene rings is 1. The third kappa shape index (κ3) is 5.26. The summed E-state index contributed by atoms with van der Waals surface area (Å²) in [5.41, 5.74) is 0. The molecule has 0 unspecified atom stereocenters. The number of rotatable bonds is 8. The highest BCUT2D eigenvalue weighted by atomic mass is 32.2. The zero-order valence-corrected chi connectivity index (χ0v) is 14.2. The summed E-state index contributed by atoms with van der Waals surface area (Å²) in [5.74, 6) is 0.749. The standard InChI is InChI=1S/C16H26N2O3S/c1-18(2)13-5-12-17-22(19,20)16-10-8-15(9-11-16)21-14-6-3-4-7-14/h8-11,14,17H,3-7,12-13H2,1-2H3. The van der Waals surface area contributed by atoms with E-state index in [1.165, 1.54) is 12.8 Å². The molecule has 1 aromatic carbocycles. The molecule has 0 aromatic heterocycles. The fraction of sp³-hybridized carbons (Fsp3) is 0.625. The Hall–Kier alpha value is -1.11. The maximum atomic E-state index is 12.2. The summed E-state index contributed by atoms with van der Waals surface area (Å²) in [5, 5.41) is 0. The van der Waals surface area contributed by atoms with E-state index in [9.17, 15) is 8.42 Å². The van der Waals surface area contributed by atoms with Crippen LogP contribution in [0.25, 0.3) is 0 Å². The highest BCUT2D eigenvalue weighted by molar-refractivity contribution is 7.89. The average molecular weight is 326 g/mol. The first kappa shape index (κ1) is 17.2. The molecule has 2 rings (SSSR count). The Balaban J connectivity index is 1.87. The summed E-state index contributed by atoms with van der Waals surface area (Å²) in [4.78, 5) is 2.32. The van der Waals surface area contributed by atoms with Crippen molar-refractivity contribution >= 4 is 10.0 Å². The van der Waals surface area contributed by atoms with Gasteiger partial charge in [-0.05, 0) is 77.0 Å². The molecule has 0 spiro atoms. The van der Waals surface area contributed by atoms with Crippen molar-refractivity contribution in [2.24, 2.45) is 0 Å². The minimum atomic E-state index is -3.43. The normalized spacial score (nSPS) is 16.3. The van der Waals surface area contributed by atoms with Crippen LogP contribution < -0.4 is 9.46 Å². The predicted molar refractivity (Wildman–Crippen MR) is 87.7 cm³/mol. The van der Waals surface area contributed by atoms with Crippen LogP contribution in [0.2, 0.25) is 0 Å². The zero-order valence-electron chi connectivity index (χ0n) is 13.4.